The lowest BCUT2D eigenvalue weighted by Crippen LogP contribution is -2.31. The molecule has 0 bridgehead atoms. The third-order valence-electron chi connectivity index (χ3n) is 4.25. The summed E-state index contributed by atoms with van der Waals surface area (Å²) in [5.41, 5.74) is 4.21. The first-order valence-corrected chi connectivity index (χ1v) is 8.09. The Kier molecular flexibility index (Phi) is 6.21. The van der Waals surface area contributed by atoms with Gasteiger partial charge in [-0.05, 0) is 43.1 Å². The Morgan fingerprint density at radius 1 is 1.31 bits per heavy atom. The number of halogens is 5. The summed E-state index contributed by atoms with van der Waals surface area (Å²) in [6.07, 6.45) is -3.07. The van der Waals surface area contributed by atoms with Crippen molar-refractivity contribution in [3.8, 4) is 5.69 Å². The van der Waals surface area contributed by atoms with Gasteiger partial charge in [0.2, 0.25) is 0 Å². The molecule has 1 unspecified atom stereocenters. The number of hydrogen-bond acceptors (Lipinski definition) is 3. The van der Waals surface area contributed by atoms with E-state index in [1.807, 2.05) is 0 Å². The fraction of sp³-hybridized carbons (Fsp3) is 0.375. The van der Waals surface area contributed by atoms with Gasteiger partial charge in [0.1, 0.15) is 0 Å². The van der Waals surface area contributed by atoms with E-state index in [2.05, 4.69) is 5.10 Å². The number of likely N-dealkylation sites (tertiary alicyclic amines) is 1. The first-order chi connectivity index (χ1) is 11.8. The minimum atomic E-state index is -4.73. The summed E-state index contributed by atoms with van der Waals surface area (Å²) < 4.78 is 41.6. The standard InChI is InChI=1S/C16H16ClF3N4O.ClH/c17-11-1-3-12(4-2-11)24-14(16(18,19)20)13(8-22-24)15(25)23-6-5-10(7-21)9-23;/h1-4,8,10H,5-7,9,21H2;1H. The van der Waals surface area contributed by atoms with E-state index in [-0.39, 0.29) is 24.0 Å². The number of amides is 1. The molecule has 2 aromatic rings. The zero-order chi connectivity index (χ0) is 18.2. The van der Waals surface area contributed by atoms with Crippen LogP contribution in [0.25, 0.3) is 5.69 Å². The summed E-state index contributed by atoms with van der Waals surface area (Å²) in [5.74, 6) is -0.562. The van der Waals surface area contributed by atoms with E-state index in [1.165, 1.54) is 29.2 Å². The lowest BCUT2D eigenvalue weighted by Gasteiger charge is -2.18. The van der Waals surface area contributed by atoms with Crippen LogP contribution in [0.4, 0.5) is 13.2 Å². The van der Waals surface area contributed by atoms with Gasteiger partial charge < -0.3 is 10.6 Å². The predicted octanol–water partition coefficient (Wildman–Crippen LogP) is 3.39. The number of carbonyl (C=O) groups excluding carboxylic acids is 1. The van der Waals surface area contributed by atoms with Crippen molar-refractivity contribution >= 4 is 29.9 Å². The number of nitrogens with two attached hydrogens (primary N) is 1. The van der Waals surface area contributed by atoms with Gasteiger partial charge >= 0.3 is 6.18 Å². The van der Waals surface area contributed by atoms with Crippen LogP contribution in [-0.4, -0.2) is 40.2 Å². The number of benzene rings is 1. The van der Waals surface area contributed by atoms with Gasteiger partial charge in [-0.3, -0.25) is 4.79 Å². The van der Waals surface area contributed by atoms with Crippen LogP contribution in [0.3, 0.4) is 0 Å². The Morgan fingerprint density at radius 3 is 2.50 bits per heavy atom. The molecular formula is C16H17Cl2F3N4O. The van der Waals surface area contributed by atoms with Gasteiger partial charge in [0.15, 0.2) is 5.69 Å². The summed E-state index contributed by atoms with van der Waals surface area (Å²) in [7, 11) is 0. The second-order valence-corrected chi connectivity index (χ2v) is 6.37. The van der Waals surface area contributed by atoms with Gasteiger partial charge in [-0.2, -0.15) is 18.3 Å². The smallest absolute Gasteiger partial charge is 0.338 e. The Hall–Kier alpha value is -1.77. The van der Waals surface area contributed by atoms with Crippen molar-refractivity contribution in [3.05, 3.63) is 46.7 Å². The van der Waals surface area contributed by atoms with Crippen LogP contribution in [-0.2, 0) is 6.18 Å². The lowest BCUT2D eigenvalue weighted by atomic mass is 10.1. The maximum atomic E-state index is 13.6. The summed E-state index contributed by atoms with van der Waals surface area (Å²) in [6.45, 7) is 1.16. The van der Waals surface area contributed by atoms with E-state index in [0.29, 0.717) is 31.1 Å². The molecule has 3 rings (SSSR count). The van der Waals surface area contributed by atoms with E-state index in [9.17, 15) is 18.0 Å². The SMILES string of the molecule is Cl.NCC1CCN(C(=O)c2cnn(-c3ccc(Cl)cc3)c2C(F)(F)F)C1. The monoisotopic (exact) mass is 408 g/mol. The van der Waals surface area contributed by atoms with Gasteiger partial charge in [0, 0.05) is 18.1 Å². The second kappa shape index (κ2) is 7.85. The zero-order valence-electron chi connectivity index (χ0n) is 13.5. The Bertz CT molecular complexity index is 777. The second-order valence-electron chi connectivity index (χ2n) is 5.93. The largest absolute Gasteiger partial charge is 0.434 e. The van der Waals surface area contributed by atoms with Gasteiger partial charge in [0.05, 0.1) is 17.4 Å². The molecule has 1 aromatic heterocycles. The molecule has 1 saturated heterocycles. The molecule has 0 spiro atoms. The Morgan fingerprint density at radius 2 is 1.96 bits per heavy atom. The van der Waals surface area contributed by atoms with Crippen molar-refractivity contribution in [1.82, 2.24) is 14.7 Å². The molecule has 1 aliphatic heterocycles. The van der Waals surface area contributed by atoms with E-state index < -0.39 is 23.3 Å². The number of hydrogen-bond donors (Lipinski definition) is 1. The molecule has 1 atom stereocenters. The van der Waals surface area contributed by atoms with E-state index >= 15 is 0 Å². The van der Waals surface area contributed by atoms with Crippen molar-refractivity contribution in [2.75, 3.05) is 19.6 Å². The molecule has 0 radical (unpaired) electrons. The molecule has 5 nitrogen and oxygen atoms in total. The van der Waals surface area contributed by atoms with Crippen LogP contribution in [0.1, 0.15) is 22.5 Å². The number of nitrogens with zero attached hydrogens (tertiary/aromatic N) is 3. The van der Waals surface area contributed by atoms with E-state index in [4.69, 9.17) is 17.3 Å². The quantitative estimate of drug-likeness (QED) is 0.846. The number of aromatic nitrogens is 2. The molecule has 0 aliphatic carbocycles. The number of carbonyl (C=O) groups is 1. The molecule has 10 heteroatoms. The lowest BCUT2D eigenvalue weighted by molar-refractivity contribution is -0.143. The van der Waals surface area contributed by atoms with Crippen molar-refractivity contribution in [2.24, 2.45) is 11.7 Å². The highest BCUT2D eigenvalue weighted by molar-refractivity contribution is 6.30. The molecule has 142 valence electrons. The molecule has 1 amide bonds. The Balaban J connectivity index is 0.00000243. The number of rotatable bonds is 3. The van der Waals surface area contributed by atoms with Gasteiger partial charge in [-0.1, -0.05) is 11.6 Å². The predicted molar refractivity (Wildman–Crippen MR) is 93.9 cm³/mol. The third-order valence-corrected chi connectivity index (χ3v) is 4.50. The highest BCUT2D eigenvalue weighted by Crippen LogP contribution is 2.35. The normalized spacial score (nSPS) is 17.3. The zero-order valence-corrected chi connectivity index (χ0v) is 15.1. The summed E-state index contributed by atoms with van der Waals surface area (Å²) in [6, 6.07) is 5.76. The molecule has 26 heavy (non-hydrogen) atoms. The van der Waals surface area contributed by atoms with Crippen LogP contribution in [0.15, 0.2) is 30.5 Å². The maximum absolute atomic E-state index is 13.6. The maximum Gasteiger partial charge on any atom is 0.434 e. The minimum absolute atomic E-state index is 0. The molecular weight excluding hydrogens is 392 g/mol. The van der Waals surface area contributed by atoms with E-state index in [1.54, 1.807) is 0 Å². The van der Waals surface area contributed by atoms with E-state index in [0.717, 1.165) is 10.9 Å². The highest BCUT2D eigenvalue weighted by atomic mass is 35.5. The first-order valence-electron chi connectivity index (χ1n) is 7.71. The topological polar surface area (TPSA) is 64.2 Å². The van der Waals surface area contributed by atoms with Crippen LogP contribution in [0.2, 0.25) is 5.02 Å². The van der Waals surface area contributed by atoms with Gasteiger partial charge in [-0.15, -0.1) is 12.4 Å². The van der Waals surface area contributed by atoms with Crippen molar-refractivity contribution in [2.45, 2.75) is 12.6 Å². The average Bonchev–Trinajstić information content (AvgIpc) is 3.21. The third kappa shape index (κ3) is 3.97. The molecule has 1 fully saturated rings. The van der Waals surface area contributed by atoms with Gasteiger partial charge in [0.25, 0.3) is 5.91 Å². The van der Waals surface area contributed by atoms with Crippen LogP contribution < -0.4 is 5.73 Å². The molecule has 2 heterocycles. The molecule has 1 aromatic carbocycles. The average molecular weight is 409 g/mol. The van der Waals surface area contributed by atoms with Crippen molar-refractivity contribution < 1.29 is 18.0 Å². The van der Waals surface area contributed by atoms with Crippen molar-refractivity contribution in [1.29, 1.82) is 0 Å². The molecule has 2 N–H and O–H groups in total. The minimum Gasteiger partial charge on any atom is -0.338 e. The van der Waals surface area contributed by atoms with Gasteiger partial charge in [-0.25, -0.2) is 4.68 Å². The highest BCUT2D eigenvalue weighted by Gasteiger charge is 2.42. The van der Waals surface area contributed by atoms with Crippen LogP contribution >= 0.6 is 24.0 Å². The van der Waals surface area contributed by atoms with Crippen molar-refractivity contribution in [3.63, 3.8) is 0 Å². The fourth-order valence-electron chi connectivity index (χ4n) is 2.94. The summed E-state index contributed by atoms with van der Waals surface area (Å²) >= 11 is 5.78. The van der Waals surface area contributed by atoms with Crippen LogP contribution in [0.5, 0.6) is 0 Å². The Labute approximate surface area is 159 Å². The number of alkyl halides is 3. The van der Waals surface area contributed by atoms with Crippen LogP contribution in [0, 0.1) is 5.92 Å². The molecule has 1 aliphatic rings. The summed E-state index contributed by atoms with van der Waals surface area (Å²) in [4.78, 5) is 14.0. The summed E-state index contributed by atoms with van der Waals surface area (Å²) in [5, 5.41) is 4.19. The first kappa shape index (κ1) is 20.5. The fourth-order valence-corrected chi connectivity index (χ4v) is 3.06. The molecule has 0 saturated carbocycles.